The summed E-state index contributed by atoms with van der Waals surface area (Å²) < 4.78 is 22.8. The lowest BCUT2D eigenvalue weighted by atomic mass is 10.0. The summed E-state index contributed by atoms with van der Waals surface area (Å²) in [5.74, 6) is -0.310. The molecule has 2 aromatic heterocycles. The van der Waals surface area contributed by atoms with Gasteiger partial charge in [0.2, 0.25) is 10.0 Å². The van der Waals surface area contributed by atoms with Gasteiger partial charge in [0.1, 0.15) is 0 Å². The summed E-state index contributed by atoms with van der Waals surface area (Å²) in [5.41, 5.74) is 3.18. The highest BCUT2D eigenvalue weighted by Crippen LogP contribution is 2.27. The Morgan fingerprint density at radius 1 is 1.06 bits per heavy atom. The molecule has 0 aliphatic rings. The maximum absolute atomic E-state index is 13.0. The van der Waals surface area contributed by atoms with Crippen molar-refractivity contribution in [3.63, 3.8) is 0 Å². The van der Waals surface area contributed by atoms with E-state index in [4.69, 9.17) is 16.7 Å². The molecule has 0 radical (unpaired) electrons. The first-order valence-corrected chi connectivity index (χ1v) is 11.1. The minimum absolute atomic E-state index is 0.0125. The first-order chi connectivity index (χ1) is 14.8. The van der Waals surface area contributed by atoms with Crippen LogP contribution in [0.3, 0.4) is 0 Å². The number of nitrogens with one attached hydrogen (secondary N) is 1. The SMILES string of the molecule is NS(=O)(=O)c1ccc(CNC(=O)c2cc(-c3cccnc3)nc3ccc(Cl)cc23)cc1. The van der Waals surface area contributed by atoms with Gasteiger partial charge in [-0.05, 0) is 54.1 Å². The molecule has 0 atom stereocenters. The molecule has 0 bridgehead atoms. The van der Waals surface area contributed by atoms with E-state index in [9.17, 15) is 13.2 Å². The zero-order chi connectivity index (χ0) is 22.0. The van der Waals surface area contributed by atoms with Crippen molar-refractivity contribution in [2.75, 3.05) is 0 Å². The Balaban J connectivity index is 1.65. The Hall–Kier alpha value is -3.33. The zero-order valence-corrected chi connectivity index (χ0v) is 17.7. The van der Waals surface area contributed by atoms with Crippen LogP contribution in [0, 0.1) is 0 Å². The smallest absolute Gasteiger partial charge is 0.252 e. The average molecular weight is 453 g/mol. The molecular formula is C22H17ClN4O3S. The van der Waals surface area contributed by atoms with Gasteiger partial charge in [0, 0.05) is 34.9 Å². The summed E-state index contributed by atoms with van der Waals surface area (Å²) in [6.07, 6.45) is 3.35. The molecule has 3 N–H and O–H groups in total. The number of carbonyl (C=O) groups is 1. The third-order valence-corrected chi connectivity index (χ3v) is 5.84. The van der Waals surface area contributed by atoms with Gasteiger partial charge in [-0.15, -0.1) is 0 Å². The van der Waals surface area contributed by atoms with Gasteiger partial charge >= 0.3 is 0 Å². The molecular weight excluding hydrogens is 436 g/mol. The fourth-order valence-electron chi connectivity index (χ4n) is 3.12. The number of pyridine rings is 2. The Bertz CT molecular complexity index is 1380. The maximum atomic E-state index is 13.0. The summed E-state index contributed by atoms with van der Waals surface area (Å²) in [6, 6.07) is 16.6. The number of nitrogens with zero attached hydrogens (tertiary/aromatic N) is 2. The van der Waals surface area contributed by atoms with Crippen LogP contribution in [0.25, 0.3) is 22.2 Å². The normalized spacial score (nSPS) is 11.4. The van der Waals surface area contributed by atoms with Crippen LogP contribution in [0.1, 0.15) is 15.9 Å². The molecule has 2 aromatic carbocycles. The monoisotopic (exact) mass is 452 g/mol. The fourth-order valence-corrected chi connectivity index (χ4v) is 3.81. The summed E-state index contributed by atoms with van der Waals surface area (Å²) in [4.78, 5) is 21.8. The van der Waals surface area contributed by atoms with E-state index < -0.39 is 10.0 Å². The predicted octanol–water partition coefficient (Wildman–Crippen LogP) is 3.53. The Labute approximate surface area is 184 Å². The van der Waals surface area contributed by atoms with Crippen molar-refractivity contribution in [2.24, 2.45) is 5.14 Å². The topological polar surface area (TPSA) is 115 Å². The Morgan fingerprint density at radius 3 is 2.52 bits per heavy atom. The Kier molecular flexibility index (Phi) is 5.69. The number of sulfonamides is 1. The van der Waals surface area contributed by atoms with Crippen LogP contribution in [-0.4, -0.2) is 24.3 Å². The lowest BCUT2D eigenvalue weighted by Crippen LogP contribution is -2.23. The molecule has 156 valence electrons. The molecule has 31 heavy (non-hydrogen) atoms. The van der Waals surface area contributed by atoms with Gasteiger partial charge in [-0.1, -0.05) is 23.7 Å². The van der Waals surface area contributed by atoms with Crippen LogP contribution in [0.4, 0.5) is 0 Å². The van der Waals surface area contributed by atoms with Crippen molar-refractivity contribution in [3.05, 3.63) is 89.2 Å². The van der Waals surface area contributed by atoms with E-state index >= 15 is 0 Å². The summed E-state index contributed by atoms with van der Waals surface area (Å²) >= 11 is 6.15. The molecule has 4 aromatic rings. The zero-order valence-electron chi connectivity index (χ0n) is 16.1. The first-order valence-electron chi connectivity index (χ1n) is 9.22. The van der Waals surface area contributed by atoms with Crippen LogP contribution < -0.4 is 10.5 Å². The second kappa shape index (κ2) is 8.43. The number of hydrogen-bond donors (Lipinski definition) is 2. The van der Waals surface area contributed by atoms with Crippen LogP contribution >= 0.6 is 11.6 Å². The van der Waals surface area contributed by atoms with Crippen LogP contribution in [0.2, 0.25) is 5.02 Å². The third kappa shape index (κ3) is 4.72. The summed E-state index contributed by atoms with van der Waals surface area (Å²) in [6.45, 7) is 0.205. The van der Waals surface area contributed by atoms with Crippen molar-refractivity contribution < 1.29 is 13.2 Å². The van der Waals surface area contributed by atoms with Gasteiger partial charge in [0.25, 0.3) is 5.91 Å². The minimum Gasteiger partial charge on any atom is -0.348 e. The maximum Gasteiger partial charge on any atom is 0.252 e. The molecule has 0 fully saturated rings. The van der Waals surface area contributed by atoms with Gasteiger partial charge in [0.05, 0.1) is 21.7 Å². The van der Waals surface area contributed by atoms with Crippen molar-refractivity contribution in [1.82, 2.24) is 15.3 Å². The number of aromatic nitrogens is 2. The van der Waals surface area contributed by atoms with Gasteiger partial charge in [-0.3, -0.25) is 9.78 Å². The highest BCUT2D eigenvalue weighted by molar-refractivity contribution is 7.89. The molecule has 7 nitrogen and oxygen atoms in total. The third-order valence-electron chi connectivity index (χ3n) is 4.68. The second-order valence-corrected chi connectivity index (χ2v) is 8.83. The summed E-state index contributed by atoms with van der Waals surface area (Å²) in [5, 5.41) is 9.09. The number of rotatable bonds is 5. The van der Waals surface area contributed by atoms with E-state index in [1.54, 1.807) is 54.9 Å². The molecule has 4 rings (SSSR count). The lowest BCUT2D eigenvalue weighted by Gasteiger charge is -2.11. The van der Waals surface area contributed by atoms with Crippen molar-refractivity contribution in [3.8, 4) is 11.3 Å². The highest BCUT2D eigenvalue weighted by Gasteiger charge is 2.15. The minimum atomic E-state index is -3.77. The molecule has 0 saturated heterocycles. The number of hydrogen-bond acceptors (Lipinski definition) is 5. The lowest BCUT2D eigenvalue weighted by molar-refractivity contribution is 0.0952. The second-order valence-electron chi connectivity index (χ2n) is 6.83. The highest BCUT2D eigenvalue weighted by atomic mass is 35.5. The van der Waals surface area contributed by atoms with E-state index in [1.165, 1.54) is 12.1 Å². The molecule has 9 heteroatoms. The quantitative estimate of drug-likeness (QED) is 0.480. The van der Waals surface area contributed by atoms with E-state index in [0.717, 1.165) is 11.1 Å². The molecule has 2 heterocycles. The van der Waals surface area contributed by atoms with Crippen LogP contribution in [0.5, 0.6) is 0 Å². The number of benzene rings is 2. The van der Waals surface area contributed by atoms with E-state index in [-0.39, 0.29) is 17.3 Å². The summed E-state index contributed by atoms with van der Waals surface area (Å²) in [7, 11) is -3.77. The van der Waals surface area contributed by atoms with Crippen molar-refractivity contribution in [2.45, 2.75) is 11.4 Å². The number of nitrogens with two attached hydrogens (primary N) is 1. The number of amides is 1. The molecule has 0 saturated carbocycles. The van der Waals surface area contributed by atoms with Gasteiger partial charge in [-0.25, -0.2) is 18.5 Å². The number of halogens is 1. The van der Waals surface area contributed by atoms with Gasteiger partial charge < -0.3 is 5.32 Å². The Morgan fingerprint density at radius 2 is 1.84 bits per heavy atom. The average Bonchev–Trinajstić information content (AvgIpc) is 2.77. The molecule has 0 spiro atoms. The van der Waals surface area contributed by atoms with E-state index in [0.29, 0.717) is 27.2 Å². The van der Waals surface area contributed by atoms with E-state index in [2.05, 4.69) is 15.3 Å². The number of fused-ring (bicyclic) bond motifs is 1. The number of carbonyl (C=O) groups excluding carboxylic acids is 1. The predicted molar refractivity (Wildman–Crippen MR) is 119 cm³/mol. The van der Waals surface area contributed by atoms with Gasteiger partial charge in [-0.2, -0.15) is 0 Å². The first kappa shape index (κ1) is 20.9. The molecule has 1 amide bonds. The van der Waals surface area contributed by atoms with Crippen molar-refractivity contribution in [1.29, 1.82) is 0 Å². The standard InChI is InChI=1S/C22H17ClN4O3S/c23-16-5-8-20-18(10-16)19(11-21(27-20)15-2-1-9-25-13-15)22(28)26-12-14-3-6-17(7-4-14)31(24,29)30/h1-11,13H,12H2,(H,26,28)(H2,24,29,30). The van der Waals surface area contributed by atoms with Gasteiger partial charge in [0.15, 0.2) is 0 Å². The van der Waals surface area contributed by atoms with Crippen LogP contribution in [0.15, 0.2) is 78.0 Å². The van der Waals surface area contributed by atoms with Crippen LogP contribution in [-0.2, 0) is 16.6 Å². The largest absolute Gasteiger partial charge is 0.348 e. The molecule has 0 aliphatic carbocycles. The molecule has 0 aliphatic heterocycles. The number of primary sulfonamides is 1. The van der Waals surface area contributed by atoms with Crippen molar-refractivity contribution >= 4 is 38.4 Å². The molecule has 0 unspecified atom stereocenters. The van der Waals surface area contributed by atoms with E-state index in [1.807, 2.05) is 6.07 Å². The fraction of sp³-hybridized carbons (Fsp3) is 0.0455.